The SMILES string of the molecule is CCn1c(=O)oc2cc(C(O)C3CCCO3)ccc21. The van der Waals surface area contributed by atoms with E-state index < -0.39 is 6.10 Å². The van der Waals surface area contributed by atoms with Gasteiger partial charge in [-0.1, -0.05) is 6.07 Å². The van der Waals surface area contributed by atoms with Gasteiger partial charge in [0.05, 0.1) is 11.6 Å². The molecule has 2 heterocycles. The molecule has 0 amide bonds. The lowest BCUT2D eigenvalue weighted by Crippen LogP contribution is -2.17. The summed E-state index contributed by atoms with van der Waals surface area (Å²) in [5.41, 5.74) is 2.01. The first-order chi connectivity index (χ1) is 9.20. The Morgan fingerprint density at radius 2 is 2.37 bits per heavy atom. The molecule has 0 radical (unpaired) electrons. The third kappa shape index (κ3) is 2.09. The quantitative estimate of drug-likeness (QED) is 0.917. The van der Waals surface area contributed by atoms with E-state index in [0.29, 0.717) is 18.7 Å². The van der Waals surface area contributed by atoms with Crippen LogP contribution in [0, 0.1) is 0 Å². The minimum absolute atomic E-state index is 0.155. The lowest BCUT2D eigenvalue weighted by molar-refractivity contribution is -0.00255. The van der Waals surface area contributed by atoms with Crippen LogP contribution < -0.4 is 5.76 Å². The number of benzene rings is 1. The van der Waals surface area contributed by atoms with E-state index in [2.05, 4.69) is 0 Å². The van der Waals surface area contributed by atoms with E-state index in [0.717, 1.165) is 23.9 Å². The van der Waals surface area contributed by atoms with Crippen LogP contribution in [-0.2, 0) is 11.3 Å². The summed E-state index contributed by atoms with van der Waals surface area (Å²) in [6, 6.07) is 5.38. The Morgan fingerprint density at radius 1 is 1.53 bits per heavy atom. The number of oxazole rings is 1. The van der Waals surface area contributed by atoms with Gasteiger partial charge < -0.3 is 14.3 Å². The van der Waals surface area contributed by atoms with Crippen molar-refractivity contribution in [2.75, 3.05) is 6.61 Å². The Kier molecular flexibility index (Phi) is 3.16. The van der Waals surface area contributed by atoms with Gasteiger partial charge in [-0.2, -0.15) is 0 Å². The number of aromatic nitrogens is 1. The smallest absolute Gasteiger partial charge is 0.408 e. The second-order valence-electron chi connectivity index (χ2n) is 4.84. The number of nitrogens with zero attached hydrogens (tertiary/aromatic N) is 1. The monoisotopic (exact) mass is 263 g/mol. The average molecular weight is 263 g/mol. The molecule has 1 N–H and O–H groups in total. The molecule has 1 saturated heterocycles. The molecule has 2 unspecified atom stereocenters. The summed E-state index contributed by atoms with van der Waals surface area (Å²) in [4.78, 5) is 11.6. The van der Waals surface area contributed by atoms with E-state index in [9.17, 15) is 9.90 Å². The molecule has 5 heteroatoms. The van der Waals surface area contributed by atoms with Crippen LogP contribution in [0.15, 0.2) is 27.4 Å². The highest BCUT2D eigenvalue weighted by Crippen LogP contribution is 2.28. The fraction of sp³-hybridized carbons (Fsp3) is 0.500. The fourth-order valence-corrected chi connectivity index (χ4v) is 2.63. The summed E-state index contributed by atoms with van der Waals surface area (Å²) >= 11 is 0. The number of ether oxygens (including phenoxy) is 1. The van der Waals surface area contributed by atoms with E-state index in [4.69, 9.17) is 9.15 Å². The van der Waals surface area contributed by atoms with E-state index in [1.807, 2.05) is 19.1 Å². The minimum Gasteiger partial charge on any atom is -0.408 e. The van der Waals surface area contributed by atoms with Gasteiger partial charge in [-0.05, 0) is 37.5 Å². The van der Waals surface area contributed by atoms with E-state index in [1.165, 1.54) is 0 Å². The van der Waals surface area contributed by atoms with Gasteiger partial charge in [-0.3, -0.25) is 4.57 Å². The summed E-state index contributed by atoms with van der Waals surface area (Å²) in [5, 5.41) is 10.3. The van der Waals surface area contributed by atoms with E-state index in [-0.39, 0.29) is 11.9 Å². The second kappa shape index (κ2) is 4.83. The number of hydrogen-bond donors (Lipinski definition) is 1. The van der Waals surface area contributed by atoms with Crippen molar-refractivity contribution in [3.8, 4) is 0 Å². The normalized spacial score (nSPS) is 21.1. The topological polar surface area (TPSA) is 64.6 Å². The Bertz CT molecular complexity index is 636. The molecule has 1 aromatic heterocycles. The summed E-state index contributed by atoms with van der Waals surface area (Å²) < 4.78 is 12.2. The van der Waals surface area contributed by atoms with Gasteiger partial charge in [-0.25, -0.2) is 4.79 Å². The standard InChI is InChI=1S/C14H17NO4/c1-2-15-10-6-5-9(8-12(10)19-14(15)17)13(16)11-4-3-7-18-11/h5-6,8,11,13,16H,2-4,7H2,1H3. The number of hydrogen-bond acceptors (Lipinski definition) is 4. The van der Waals surface area contributed by atoms with E-state index in [1.54, 1.807) is 10.6 Å². The molecule has 5 nitrogen and oxygen atoms in total. The summed E-state index contributed by atoms with van der Waals surface area (Å²) in [6.07, 6.45) is 1.02. The average Bonchev–Trinajstić information content (AvgIpc) is 3.03. The van der Waals surface area contributed by atoms with Gasteiger partial charge in [0.15, 0.2) is 5.58 Å². The van der Waals surface area contributed by atoms with Crippen molar-refractivity contribution in [1.82, 2.24) is 4.57 Å². The molecule has 0 spiro atoms. The molecule has 2 aromatic rings. The molecule has 1 aliphatic heterocycles. The number of fused-ring (bicyclic) bond motifs is 1. The Morgan fingerprint density at radius 3 is 3.05 bits per heavy atom. The third-order valence-corrected chi connectivity index (χ3v) is 3.67. The second-order valence-corrected chi connectivity index (χ2v) is 4.84. The third-order valence-electron chi connectivity index (χ3n) is 3.67. The van der Waals surface area contributed by atoms with Gasteiger partial charge in [-0.15, -0.1) is 0 Å². The maximum absolute atomic E-state index is 11.6. The molecule has 1 fully saturated rings. The number of aliphatic hydroxyl groups is 1. The Hall–Kier alpha value is -1.59. The molecular weight excluding hydrogens is 246 g/mol. The molecule has 1 aliphatic rings. The zero-order valence-electron chi connectivity index (χ0n) is 10.8. The molecule has 1 aromatic carbocycles. The summed E-state index contributed by atoms with van der Waals surface area (Å²) in [5.74, 6) is -0.360. The van der Waals surface area contributed by atoms with Gasteiger partial charge in [0.2, 0.25) is 0 Å². The Labute approximate surface area is 110 Å². The summed E-state index contributed by atoms with van der Waals surface area (Å²) in [7, 11) is 0. The minimum atomic E-state index is -0.665. The molecule has 0 aliphatic carbocycles. The van der Waals surface area contributed by atoms with Crippen LogP contribution in [0.25, 0.3) is 11.1 Å². The van der Waals surface area contributed by atoms with Crippen molar-refractivity contribution < 1.29 is 14.3 Å². The first-order valence-corrected chi connectivity index (χ1v) is 6.63. The maximum Gasteiger partial charge on any atom is 0.419 e. The van der Waals surface area contributed by atoms with Crippen molar-refractivity contribution in [2.24, 2.45) is 0 Å². The van der Waals surface area contributed by atoms with Crippen LogP contribution in [-0.4, -0.2) is 22.4 Å². The van der Waals surface area contributed by atoms with Crippen molar-refractivity contribution in [3.05, 3.63) is 34.3 Å². The number of aliphatic hydroxyl groups excluding tert-OH is 1. The van der Waals surface area contributed by atoms with Crippen LogP contribution in [0.1, 0.15) is 31.4 Å². The lowest BCUT2D eigenvalue weighted by atomic mass is 10.0. The number of rotatable bonds is 3. The molecule has 102 valence electrons. The lowest BCUT2D eigenvalue weighted by Gasteiger charge is -2.17. The van der Waals surface area contributed by atoms with Gasteiger partial charge in [0, 0.05) is 13.2 Å². The summed E-state index contributed by atoms with van der Waals surface area (Å²) in [6.45, 7) is 3.16. The first kappa shape index (κ1) is 12.4. The van der Waals surface area contributed by atoms with Crippen molar-refractivity contribution in [3.63, 3.8) is 0 Å². The van der Waals surface area contributed by atoms with Crippen molar-refractivity contribution in [1.29, 1.82) is 0 Å². The van der Waals surface area contributed by atoms with E-state index >= 15 is 0 Å². The fourth-order valence-electron chi connectivity index (χ4n) is 2.63. The largest absolute Gasteiger partial charge is 0.419 e. The molecule has 0 saturated carbocycles. The predicted molar refractivity (Wildman–Crippen MR) is 70.1 cm³/mol. The number of aryl methyl sites for hydroxylation is 1. The predicted octanol–water partition coefficient (Wildman–Crippen LogP) is 1.83. The Balaban J connectivity index is 1.99. The molecule has 2 atom stereocenters. The van der Waals surface area contributed by atoms with Crippen LogP contribution >= 0.6 is 0 Å². The molecule has 3 rings (SSSR count). The zero-order chi connectivity index (χ0) is 13.4. The highest BCUT2D eigenvalue weighted by Gasteiger charge is 2.26. The van der Waals surface area contributed by atoms with Gasteiger partial charge in [0.25, 0.3) is 0 Å². The zero-order valence-corrected chi connectivity index (χ0v) is 10.8. The van der Waals surface area contributed by atoms with Gasteiger partial charge >= 0.3 is 5.76 Å². The highest BCUT2D eigenvalue weighted by molar-refractivity contribution is 5.73. The van der Waals surface area contributed by atoms with Crippen LogP contribution in [0.5, 0.6) is 0 Å². The van der Waals surface area contributed by atoms with Crippen LogP contribution in [0.3, 0.4) is 0 Å². The van der Waals surface area contributed by atoms with Crippen molar-refractivity contribution in [2.45, 2.75) is 38.5 Å². The first-order valence-electron chi connectivity index (χ1n) is 6.63. The molecule has 19 heavy (non-hydrogen) atoms. The van der Waals surface area contributed by atoms with Crippen LogP contribution in [0.2, 0.25) is 0 Å². The molecular formula is C14H17NO4. The molecule has 0 bridgehead atoms. The highest BCUT2D eigenvalue weighted by atomic mass is 16.5. The van der Waals surface area contributed by atoms with Crippen molar-refractivity contribution >= 4 is 11.1 Å². The maximum atomic E-state index is 11.6. The van der Waals surface area contributed by atoms with Gasteiger partial charge in [0.1, 0.15) is 6.10 Å². The van der Waals surface area contributed by atoms with Crippen LogP contribution in [0.4, 0.5) is 0 Å².